The SMILES string of the molecule is O=C1Nc2ccc(Cl)cc2SC1=CNc1ccccc1. The summed E-state index contributed by atoms with van der Waals surface area (Å²) < 4.78 is 0. The van der Waals surface area contributed by atoms with Crippen molar-refractivity contribution < 1.29 is 4.79 Å². The summed E-state index contributed by atoms with van der Waals surface area (Å²) in [6, 6.07) is 15.1. The molecule has 0 spiro atoms. The second-order valence-corrected chi connectivity index (χ2v) is 5.74. The zero-order valence-electron chi connectivity index (χ0n) is 10.4. The molecule has 0 aliphatic carbocycles. The van der Waals surface area contributed by atoms with Crippen LogP contribution in [-0.2, 0) is 4.79 Å². The van der Waals surface area contributed by atoms with Crippen LogP contribution in [0.5, 0.6) is 0 Å². The Balaban J connectivity index is 1.83. The van der Waals surface area contributed by atoms with Crippen molar-refractivity contribution in [3.05, 3.63) is 64.7 Å². The van der Waals surface area contributed by atoms with Crippen LogP contribution in [0.25, 0.3) is 0 Å². The second kappa shape index (κ2) is 5.61. The molecule has 0 aromatic heterocycles. The predicted molar refractivity (Wildman–Crippen MR) is 84.1 cm³/mol. The van der Waals surface area contributed by atoms with Crippen molar-refractivity contribution >= 4 is 40.6 Å². The molecule has 20 heavy (non-hydrogen) atoms. The molecule has 100 valence electrons. The maximum absolute atomic E-state index is 12.0. The minimum absolute atomic E-state index is 0.117. The molecule has 3 nitrogen and oxygen atoms in total. The maximum Gasteiger partial charge on any atom is 0.263 e. The second-order valence-electron chi connectivity index (χ2n) is 4.22. The van der Waals surface area contributed by atoms with Crippen LogP contribution in [0.2, 0.25) is 5.02 Å². The van der Waals surface area contributed by atoms with E-state index in [2.05, 4.69) is 10.6 Å². The van der Waals surface area contributed by atoms with E-state index in [9.17, 15) is 4.79 Å². The van der Waals surface area contributed by atoms with Gasteiger partial charge in [0.1, 0.15) is 0 Å². The van der Waals surface area contributed by atoms with E-state index in [1.54, 1.807) is 12.3 Å². The number of hydrogen-bond donors (Lipinski definition) is 2. The highest BCUT2D eigenvalue weighted by atomic mass is 35.5. The number of anilines is 2. The maximum atomic E-state index is 12.0. The van der Waals surface area contributed by atoms with E-state index in [0.29, 0.717) is 9.93 Å². The summed E-state index contributed by atoms with van der Waals surface area (Å²) in [5, 5.41) is 6.62. The Morgan fingerprint density at radius 1 is 1.15 bits per heavy atom. The summed E-state index contributed by atoms with van der Waals surface area (Å²) in [7, 11) is 0. The largest absolute Gasteiger partial charge is 0.360 e. The highest BCUT2D eigenvalue weighted by Gasteiger charge is 2.20. The highest BCUT2D eigenvalue weighted by Crippen LogP contribution is 2.39. The van der Waals surface area contributed by atoms with Gasteiger partial charge in [0.05, 0.1) is 10.6 Å². The number of thioether (sulfide) groups is 1. The van der Waals surface area contributed by atoms with Crippen molar-refractivity contribution in [1.29, 1.82) is 0 Å². The average molecular weight is 303 g/mol. The lowest BCUT2D eigenvalue weighted by atomic mass is 10.3. The highest BCUT2D eigenvalue weighted by molar-refractivity contribution is 8.04. The Morgan fingerprint density at radius 2 is 1.95 bits per heavy atom. The minimum atomic E-state index is -0.117. The molecule has 0 unspecified atom stereocenters. The van der Waals surface area contributed by atoms with Gasteiger partial charge in [-0.1, -0.05) is 41.6 Å². The number of para-hydroxylation sites is 1. The summed E-state index contributed by atoms with van der Waals surface area (Å²) in [6.45, 7) is 0. The first-order valence-electron chi connectivity index (χ1n) is 6.03. The van der Waals surface area contributed by atoms with Gasteiger partial charge in [-0.15, -0.1) is 0 Å². The van der Waals surface area contributed by atoms with E-state index < -0.39 is 0 Å². The van der Waals surface area contributed by atoms with Crippen LogP contribution in [0.3, 0.4) is 0 Å². The molecule has 0 bridgehead atoms. The Bertz CT molecular complexity index is 686. The zero-order valence-corrected chi connectivity index (χ0v) is 12.0. The predicted octanol–water partition coefficient (Wildman–Crippen LogP) is 4.34. The van der Waals surface area contributed by atoms with Gasteiger partial charge in [0.2, 0.25) is 0 Å². The quantitative estimate of drug-likeness (QED) is 0.811. The fourth-order valence-corrected chi connectivity index (χ4v) is 2.96. The lowest BCUT2D eigenvalue weighted by Crippen LogP contribution is -2.18. The van der Waals surface area contributed by atoms with Gasteiger partial charge < -0.3 is 10.6 Å². The molecule has 1 aliphatic heterocycles. The Kier molecular flexibility index (Phi) is 3.67. The van der Waals surface area contributed by atoms with Crippen molar-refractivity contribution in [3.8, 4) is 0 Å². The van der Waals surface area contributed by atoms with Crippen molar-refractivity contribution in [3.63, 3.8) is 0 Å². The fourth-order valence-electron chi connectivity index (χ4n) is 1.81. The monoisotopic (exact) mass is 302 g/mol. The molecule has 1 aliphatic rings. The first-order valence-corrected chi connectivity index (χ1v) is 7.22. The summed E-state index contributed by atoms with van der Waals surface area (Å²) in [5.74, 6) is -0.117. The summed E-state index contributed by atoms with van der Waals surface area (Å²) in [6.07, 6.45) is 1.71. The topological polar surface area (TPSA) is 41.1 Å². The summed E-state index contributed by atoms with van der Waals surface area (Å²) >= 11 is 7.37. The van der Waals surface area contributed by atoms with Crippen LogP contribution in [0, 0.1) is 0 Å². The van der Waals surface area contributed by atoms with Gasteiger partial charge in [0, 0.05) is 21.8 Å². The van der Waals surface area contributed by atoms with Gasteiger partial charge >= 0.3 is 0 Å². The smallest absolute Gasteiger partial charge is 0.263 e. The molecule has 5 heteroatoms. The van der Waals surface area contributed by atoms with Gasteiger partial charge in [0.15, 0.2) is 0 Å². The lowest BCUT2D eigenvalue weighted by Gasteiger charge is -2.18. The van der Waals surface area contributed by atoms with Crippen LogP contribution in [0.15, 0.2) is 64.5 Å². The van der Waals surface area contributed by atoms with Gasteiger partial charge in [-0.05, 0) is 30.3 Å². The first-order chi connectivity index (χ1) is 9.72. The molecular formula is C15H11ClN2OS. The molecule has 3 rings (SSSR count). The Hall–Kier alpha value is -1.91. The molecule has 0 radical (unpaired) electrons. The number of carbonyl (C=O) groups excluding carboxylic acids is 1. The Labute approximate surface area is 126 Å². The number of halogens is 1. The summed E-state index contributed by atoms with van der Waals surface area (Å²) in [5.41, 5.74) is 1.73. The first kappa shape index (κ1) is 13.1. The van der Waals surface area contributed by atoms with E-state index in [4.69, 9.17) is 11.6 Å². The average Bonchev–Trinajstić information content (AvgIpc) is 2.46. The van der Waals surface area contributed by atoms with E-state index >= 15 is 0 Å². The normalized spacial score (nSPS) is 15.7. The van der Waals surface area contributed by atoms with E-state index in [1.165, 1.54) is 11.8 Å². The molecule has 2 aromatic rings. The van der Waals surface area contributed by atoms with Crippen molar-refractivity contribution in [2.75, 3.05) is 10.6 Å². The number of amides is 1. The minimum Gasteiger partial charge on any atom is -0.360 e. The summed E-state index contributed by atoms with van der Waals surface area (Å²) in [4.78, 5) is 13.5. The van der Waals surface area contributed by atoms with Crippen LogP contribution < -0.4 is 10.6 Å². The fraction of sp³-hybridized carbons (Fsp3) is 0. The molecule has 0 saturated heterocycles. The molecule has 0 fully saturated rings. The van der Waals surface area contributed by atoms with Gasteiger partial charge in [-0.2, -0.15) is 0 Å². The molecule has 1 heterocycles. The molecule has 1 amide bonds. The number of benzene rings is 2. The zero-order chi connectivity index (χ0) is 13.9. The van der Waals surface area contributed by atoms with E-state index in [-0.39, 0.29) is 5.91 Å². The van der Waals surface area contributed by atoms with Gasteiger partial charge in [-0.25, -0.2) is 0 Å². The lowest BCUT2D eigenvalue weighted by molar-refractivity contribution is -0.112. The van der Waals surface area contributed by atoms with Crippen LogP contribution in [0.1, 0.15) is 0 Å². The van der Waals surface area contributed by atoms with Crippen LogP contribution in [0.4, 0.5) is 11.4 Å². The number of nitrogens with one attached hydrogen (secondary N) is 2. The van der Waals surface area contributed by atoms with Gasteiger partial charge in [0.25, 0.3) is 5.91 Å². The number of carbonyl (C=O) groups is 1. The molecule has 2 N–H and O–H groups in total. The third-order valence-electron chi connectivity index (χ3n) is 2.78. The van der Waals surface area contributed by atoms with Crippen LogP contribution >= 0.6 is 23.4 Å². The van der Waals surface area contributed by atoms with Crippen molar-refractivity contribution in [2.24, 2.45) is 0 Å². The number of rotatable bonds is 2. The number of hydrogen-bond acceptors (Lipinski definition) is 3. The van der Waals surface area contributed by atoms with E-state index in [1.807, 2.05) is 42.5 Å². The van der Waals surface area contributed by atoms with Crippen LogP contribution in [-0.4, -0.2) is 5.91 Å². The Morgan fingerprint density at radius 3 is 2.75 bits per heavy atom. The molecule has 0 atom stereocenters. The van der Waals surface area contributed by atoms with E-state index in [0.717, 1.165) is 16.3 Å². The third kappa shape index (κ3) is 2.81. The number of fused-ring (bicyclic) bond motifs is 1. The molecule has 0 saturated carbocycles. The van der Waals surface area contributed by atoms with Crippen molar-refractivity contribution in [1.82, 2.24) is 0 Å². The van der Waals surface area contributed by atoms with Gasteiger partial charge in [-0.3, -0.25) is 4.79 Å². The van der Waals surface area contributed by atoms with Crippen molar-refractivity contribution in [2.45, 2.75) is 4.90 Å². The standard InChI is InChI=1S/C15H11ClN2OS/c16-10-6-7-12-13(8-10)20-14(15(19)18-12)9-17-11-4-2-1-3-5-11/h1-9,17H,(H,18,19). The third-order valence-corrected chi connectivity index (χ3v) is 4.10. The molecule has 2 aromatic carbocycles. The molecular weight excluding hydrogens is 292 g/mol.